The third kappa shape index (κ3) is 6.02. The second-order valence-corrected chi connectivity index (χ2v) is 10.5. The maximum Gasteiger partial charge on any atom is 0.227 e. The summed E-state index contributed by atoms with van der Waals surface area (Å²) in [5, 5.41) is 7.20. The van der Waals surface area contributed by atoms with Crippen LogP contribution in [0.5, 0.6) is 5.75 Å². The molecule has 198 valence electrons. The van der Waals surface area contributed by atoms with Gasteiger partial charge in [0, 0.05) is 37.3 Å². The smallest absolute Gasteiger partial charge is 0.227 e. The lowest BCUT2D eigenvalue weighted by atomic mass is 9.92. The highest BCUT2D eigenvalue weighted by Gasteiger charge is 2.28. The quantitative estimate of drug-likeness (QED) is 0.374. The Kier molecular flexibility index (Phi) is 7.85. The minimum atomic E-state index is -0.588. The number of anilines is 2. The van der Waals surface area contributed by atoms with E-state index in [0.717, 1.165) is 74.9 Å². The summed E-state index contributed by atoms with van der Waals surface area (Å²) in [4.78, 5) is 28.3. The van der Waals surface area contributed by atoms with Crippen molar-refractivity contribution in [2.45, 2.75) is 82.8 Å². The fourth-order valence-corrected chi connectivity index (χ4v) is 5.22. The number of nitrogens with two attached hydrogens (primary N) is 1. The molecule has 1 saturated heterocycles. The Balaban J connectivity index is 1.28. The number of ether oxygens (including phenoxy) is 1. The number of rotatable bonds is 9. The average Bonchev–Trinajstić information content (AvgIpc) is 3.34. The minimum Gasteiger partial charge on any atom is -0.468 e. The lowest BCUT2D eigenvalue weighted by molar-refractivity contribution is -0.122. The van der Waals surface area contributed by atoms with Crippen LogP contribution in [-0.4, -0.2) is 68.1 Å². The number of nitrogens with one attached hydrogen (secondary N) is 2. The Morgan fingerprint density at radius 3 is 2.38 bits per heavy atom. The molecule has 1 saturated carbocycles. The fourth-order valence-electron chi connectivity index (χ4n) is 5.22. The van der Waals surface area contributed by atoms with Gasteiger partial charge in [0.25, 0.3) is 0 Å². The molecule has 10 heteroatoms. The Labute approximate surface area is 218 Å². The first-order chi connectivity index (χ1) is 18.0. The molecule has 0 bridgehead atoms. The van der Waals surface area contributed by atoms with Crippen molar-refractivity contribution in [3.05, 3.63) is 36.7 Å². The van der Waals surface area contributed by atoms with Crippen LogP contribution in [0.4, 0.5) is 11.8 Å². The van der Waals surface area contributed by atoms with E-state index in [-0.39, 0.29) is 12.1 Å². The maximum atomic E-state index is 11.8. The van der Waals surface area contributed by atoms with E-state index in [1.165, 1.54) is 0 Å². The standard InChI is InChI=1S/C27H38N8O2/c1-18(2)35-17-29-24-25(32-27(33-26(24)35)31-20-10-8-19(28)9-11-20)30-21-12-14-34(15-13-21)23(16-36)37-22-6-4-3-5-7-22/h3-7,16-21,23H,8-15,28H2,1-2H3,(H2,30,31,32,33). The van der Waals surface area contributed by atoms with Gasteiger partial charge in [0.2, 0.25) is 12.2 Å². The van der Waals surface area contributed by atoms with Gasteiger partial charge < -0.3 is 25.7 Å². The molecular formula is C27H38N8O2. The van der Waals surface area contributed by atoms with Gasteiger partial charge in [0.15, 0.2) is 23.3 Å². The van der Waals surface area contributed by atoms with Gasteiger partial charge in [-0.1, -0.05) is 18.2 Å². The Bertz CT molecular complexity index is 1170. The first-order valence-electron chi connectivity index (χ1n) is 13.4. The number of para-hydroxylation sites is 1. The van der Waals surface area contributed by atoms with Gasteiger partial charge in [-0.15, -0.1) is 0 Å². The number of aromatic nitrogens is 4. The Morgan fingerprint density at radius 1 is 1.00 bits per heavy atom. The van der Waals surface area contributed by atoms with E-state index >= 15 is 0 Å². The summed E-state index contributed by atoms with van der Waals surface area (Å²) < 4.78 is 8.01. The Morgan fingerprint density at radius 2 is 1.70 bits per heavy atom. The number of nitrogens with zero attached hydrogens (tertiary/aromatic N) is 5. The van der Waals surface area contributed by atoms with Crippen molar-refractivity contribution >= 4 is 29.2 Å². The number of imidazole rings is 1. The second kappa shape index (κ2) is 11.4. The lowest BCUT2D eigenvalue weighted by Gasteiger charge is -2.35. The number of hydrogen-bond acceptors (Lipinski definition) is 9. The summed E-state index contributed by atoms with van der Waals surface area (Å²) >= 11 is 0. The van der Waals surface area contributed by atoms with Gasteiger partial charge in [-0.05, 0) is 64.5 Å². The molecule has 2 fully saturated rings. The van der Waals surface area contributed by atoms with Gasteiger partial charge in [0.05, 0.1) is 6.33 Å². The van der Waals surface area contributed by atoms with Crippen LogP contribution < -0.4 is 21.1 Å². The summed E-state index contributed by atoms with van der Waals surface area (Å²) in [6, 6.07) is 10.6. The highest BCUT2D eigenvalue weighted by molar-refractivity contribution is 5.84. The van der Waals surface area contributed by atoms with E-state index in [4.69, 9.17) is 20.4 Å². The van der Waals surface area contributed by atoms with E-state index in [1.807, 2.05) is 36.7 Å². The van der Waals surface area contributed by atoms with E-state index in [0.29, 0.717) is 23.8 Å². The predicted octanol–water partition coefficient (Wildman–Crippen LogP) is 3.57. The van der Waals surface area contributed by atoms with Crippen molar-refractivity contribution in [2.24, 2.45) is 5.73 Å². The largest absolute Gasteiger partial charge is 0.468 e. The first kappa shape index (κ1) is 25.4. The molecule has 0 amide bonds. The molecule has 37 heavy (non-hydrogen) atoms. The van der Waals surface area contributed by atoms with Gasteiger partial charge >= 0.3 is 0 Å². The monoisotopic (exact) mass is 506 g/mol. The SMILES string of the molecule is CC(C)n1cnc2c(NC3CCN(C(C=O)Oc4ccccc4)CC3)nc(NC3CCC(N)CC3)nc21. The first-order valence-corrected chi connectivity index (χ1v) is 13.4. The minimum absolute atomic E-state index is 0.211. The summed E-state index contributed by atoms with van der Waals surface area (Å²) in [6.07, 6.45) is 7.94. The van der Waals surface area contributed by atoms with Crippen LogP contribution in [0, 0.1) is 0 Å². The van der Waals surface area contributed by atoms with Crippen LogP contribution >= 0.6 is 0 Å². The Hall–Kier alpha value is -3.24. The number of hydrogen-bond donors (Lipinski definition) is 3. The zero-order chi connectivity index (χ0) is 25.8. The predicted molar refractivity (Wildman–Crippen MR) is 145 cm³/mol. The zero-order valence-corrected chi connectivity index (χ0v) is 21.7. The zero-order valence-electron chi connectivity index (χ0n) is 21.7. The molecule has 4 N–H and O–H groups in total. The number of carbonyl (C=O) groups excluding carboxylic acids is 1. The third-order valence-electron chi connectivity index (χ3n) is 7.43. The number of piperidine rings is 1. The van der Waals surface area contributed by atoms with Crippen LogP contribution in [0.25, 0.3) is 11.2 Å². The highest BCUT2D eigenvalue weighted by Crippen LogP contribution is 2.28. The van der Waals surface area contributed by atoms with E-state index in [2.05, 4.69) is 38.9 Å². The number of aldehydes is 1. The molecule has 3 aromatic rings. The molecule has 1 atom stereocenters. The second-order valence-electron chi connectivity index (χ2n) is 10.5. The fraction of sp³-hybridized carbons (Fsp3) is 0.556. The van der Waals surface area contributed by atoms with E-state index < -0.39 is 6.23 Å². The molecule has 2 aliphatic rings. The molecular weight excluding hydrogens is 468 g/mol. The molecule has 1 aliphatic carbocycles. The van der Waals surface area contributed by atoms with Crippen LogP contribution in [0.15, 0.2) is 36.7 Å². The van der Waals surface area contributed by atoms with Gasteiger partial charge in [-0.2, -0.15) is 9.97 Å². The number of benzene rings is 1. The molecule has 1 unspecified atom stereocenters. The molecule has 10 nitrogen and oxygen atoms in total. The normalized spacial score (nSPS) is 22.2. The molecule has 1 aliphatic heterocycles. The van der Waals surface area contributed by atoms with Crippen molar-refractivity contribution in [3.8, 4) is 5.75 Å². The summed E-state index contributed by atoms with van der Waals surface area (Å²) in [7, 11) is 0. The number of carbonyl (C=O) groups is 1. The van der Waals surface area contributed by atoms with Crippen molar-refractivity contribution in [1.29, 1.82) is 0 Å². The number of fused-ring (bicyclic) bond motifs is 1. The van der Waals surface area contributed by atoms with Gasteiger partial charge in [-0.25, -0.2) is 4.98 Å². The molecule has 2 aromatic heterocycles. The van der Waals surface area contributed by atoms with Crippen molar-refractivity contribution in [3.63, 3.8) is 0 Å². The molecule has 5 rings (SSSR count). The average molecular weight is 507 g/mol. The summed E-state index contributed by atoms with van der Waals surface area (Å²) in [5.41, 5.74) is 7.71. The summed E-state index contributed by atoms with van der Waals surface area (Å²) in [6.45, 7) is 5.75. The lowest BCUT2D eigenvalue weighted by Crippen LogP contribution is -2.47. The molecule has 1 aromatic carbocycles. The van der Waals surface area contributed by atoms with E-state index in [9.17, 15) is 4.79 Å². The van der Waals surface area contributed by atoms with Crippen LogP contribution in [0.2, 0.25) is 0 Å². The van der Waals surface area contributed by atoms with Crippen LogP contribution in [0.3, 0.4) is 0 Å². The third-order valence-corrected chi connectivity index (χ3v) is 7.43. The maximum absolute atomic E-state index is 11.8. The van der Waals surface area contributed by atoms with Crippen molar-refractivity contribution in [2.75, 3.05) is 23.7 Å². The van der Waals surface area contributed by atoms with Crippen LogP contribution in [0.1, 0.15) is 58.4 Å². The van der Waals surface area contributed by atoms with Gasteiger partial charge in [0.1, 0.15) is 5.75 Å². The van der Waals surface area contributed by atoms with Crippen molar-refractivity contribution in [1.82, 2.24) is 24.4 Å². The van der Waals surface area contributed by atoms with Crippen molar-refractivity contribution < 1.29 is 9.53 Å². The van der Waals surface area contributed by atoms with E-state index in [1.54, 1.807) is 0 Å². The number of likely N-dealkylation sites (tertiary alicyclic amines) is 1. The molecule has 0 radical (unpaired) electrons. The summed E-state index contributed by atoms with van der Waals surface area (Å²) in [5.74, 6) is 2.09. The molecule has 0 spiro atoms. The topological polar surface area (TPSA) is 123 Å². The van der Waals surface area contributed by atoms with Gasteiger partial charge in [-0.3, -0.25) is 9.69 Å². The van der Waals surface area contributed by atoms with Crippen LogP contribution in [-0.2, 0) is 4.79 Å². The molecule has 3 heterocycles. The highest BCUT2D eigenvalue weighted by atomic mass is 16.5.